The first-order valence-corrected chi connectivity index (χ1v) is 8.42. The Morgan fingerprint density at radius 3 is 2.48 bits per heavy atom. The minimum atomic E-state index is -0.710. The monoisotopic (exact) mass is 371 g/mol. The van der Waals surface area contributed by atoms with Crippen molar-refractivity contribution in [3.8, 4) is 0 Å². The number of rotatable bonds is 7. The van der Waals surface area contributed by atoms with Gasteiger partial charge in [0.2, 0.25) is 0 Å². The molecule has 3 aromatic rings. The molecule has 0 aliphatic heterocycles. The van der Waals surface area contributed by atoms with Crippen molar-refractivity contribution in [1.82, 2.24) is 15.4 Å². The third-order valence-corrected chi connectivity index (χ3v) is 4.00. The van der Waals surface area contributed by atoms with Gasteiger partial charge < -0.3 is 9.84 Å². The van der Waals surface area contributed by atoms with Crippen LogP contribution in [-0.2, 0) is 19.6 Å². The van der Waals surface area contributed by atoms with Crippen LogP contribution in [0.3, 0.4) is 0 Å². The quantitative estimate of drug-likeness (QED) is 0.690. The largest absolute Gasteiger partial charge is 0.359 e. The molecule has 0 saturated carbocycles. The maximum atomic E-state index is 13.6. The molecule has 0 saturated heterocycles. The highest BCUT2D eigenvalue weighted by Gasteiger charge is 2.15. The molecule has 1 aromatic heterocycles. The average Bonchev–Trinajstić information content (AvgIpc) is 3.10. The van der Waals surface area contributed by atoms with Crippen LogP contribution in [0.15, 0.2) is 59.1 Å². The van der Waals surface area contributed by atoms with Crippen molar-refractivity contribution in [3.05, 3.63) is 88.8 Å². The van der Waals surface area contributed by atoms with E-state index in [9.17, 15) is 13.6 Å². The smallest absolute Gasteiger partial charge is 0.273 e. The molecule has 3 rings (SSSR count). The van der Waals surface area contributed by atoms with Crippen LogP contribution in [-0.4, -0.2) is 23.0 Å². The number of benzene rings is 2. The van der Waals surface area contributed by atoms with Gasteiger partial charge >= 0.3 is 0 Å². The van der Waals surface area contributed by atoms with E-state index in [0.29, 0.717) is 12.3 Å². The summed E-state index contributed by atoms with van der Waals surface area (Å²) in [6.45, 7) is 0.917. The van der Waals surface area contributed by atoms with Gasteiger partial charge in [-0.1, -0.05) is 41.6 Å². The van der Waals surface area contributed by atoms with E-state index in [1.807, 2.05) is 42.3 Å². The lowest BCUT2D eigenvalue weighted by Crippen LogP contribution is -2.24. The molecule has 1 N–H and O–H groups in total. The fraction of sp³-hybridized carbons (Fsp3) is 0.200. The van der Waals surface area contributed by atoms with Crippen LogP contribution in [0.1, 0.15) is 27.4 Å². The van der Waals surface area contributed by atoms with Crippen molar-refractivity contribution in [1.29, 1.82) is 0 Å². The summed E-state index contributed by atoms with van der Waals surface area (Å²) >= 11 is 0. The molecule has 0 bridgehead atoms. The summed E-state index contributed by atoms with van der Waals surface area (Å²) in [4.78, 5) is 14.2. The van der Waals surface area contributed by atoms with Crippen molar-refractivity contribution < 1.29 is 18.1 Å². The first-order valence-electron chi connectivity index (χ1n) is 8.42. The van der Waals surface area contributed by atoms with Crippen LogP contribution in [0.2, 0.25) is 0 Å². The number of aromatic nitrogens is 1. The van der Waals surface area contributed by atoms with Gasteiger partial charge in [0.15, 0.2) is 11.5 Å². The molecule has 0 aliphatic carbocycles. The van der Waals surface area contributed by atoms with Crippen molar-refractivity contribution in [2.75, 3.05) is 7.05 Å². The molecule has 0 atom stereocenters. The Balaban J connectivity index is 1.56. The van der Waals surface area contributed by atoms with Crippen LogP contribution < -0.4 is 5.32 Å². The van der Waals surface area contributed by atoms with Gasteiger partial charge in [0.05, 0.1) is 6.54 Å². The van der Waals surface area contributed by atoms with Crippen LogP contribution in [0.5, 0.6) is 0 Å². The number of nitrogens with zero attached hydrogens (tertiary/aromatic N) is 2. The van der Waals surface area contributed by atoms with Crippen LogP contribution in [0, 0.1) is 11.6 Å². The van der Waals surface area contributed by atoms with Crippen molar-refractivity contribution >= 4 is 5.91 Å². The summed E-state index contributed by atoms with van der Waals surface area (Å²) in [5, 5.41) is 6.18. The molecule has 5 nitrogen and oxygen atoms in total. The summed E-state index contributed by atoms with van der Waals surface area (Å²) in [5.41, 5.74) is 1.02. The molecule has 140 valence electrons. The highest BCUT2D eigenvalue weighted by atomic mass is 19.1. The fourth-order valence-electron chi connectivity index (χ4n) is 2.67. The van der Waals surface area contributed by atoms with Gasteiger partial charge in [-0.3, -0.25) is 9.69 Å². The summed E-state index contributed by atoms with van der Waals surface area (Å²) < 4.78 is 32.4. The zero-order valence-corrected chi connectivity index (χ0v) is 14.8. The summed E-state index contributed by atoms with van der Waals surface area (Å²) in [5.74, 6) is -1.45. The van der Waals surface area contributed by atoms with E-state index in [0.717, 1.165) is 24.2 Å². The number of carbonyl (C=O) groups is 1. The van der Waals surface area contributed by atoms with Crippen molar-refractivity contribution in [2.45, 2.75) is 19.6 Å². The molecule has 2 aromatic carbocycles. The van der Waals surface area contributed by atoms with E-state index in [1.165, 1.54) is 12.1 Å². The fourth-order valence-corrected chi connectivity index (χ4v) is 2.67. The zero-order chi connectivity index (χ0) is 19.2. The lowest BCUT2D eigenvalue weighted by Gasteiger charge is -2.14. The molecule has 1 heterocycles. The standard InChI is InChI=1S/C20H19F2N3O2/c1-25(12-14-6-3-2-4-7-14)13-15-10-19(24-27-15)20(26)23-11-16-17(21)8-5-9-18(16)22/h2-10H,11-13H2,1H3,(H,23,26). The Labute approximate surface area is 155 Å². The normalized spacial score (nSPS) is 11.0. The SMILES string of the molecule is CN(Cc1ccccc1)Cc1cc(C(=O)NCc2c(F)cccc2F)no1. The second-order valence-electron chi connectivity index (χ2n) is 6.22. The number of amides is 1. The number of nitrogens with one attached hydrogen (secondary N) is 1. The van der Waals surface area contributed by atoms with Crippen molar-refractivity contribution in [3.63, 3.8) is 0 Å². The molecule has 7 heteroatoms. The Hall–Kier alpha value is -3.06. The number of hydrogen-bond acceptors (Lipinski definition) is 4. The van der Waals surface area contributed by atoms with E-state index in [-0.39, 0.29) is 17.8 Å². The molecule has 0 fully saturated rings. The van der Waals surface area contributed by atoms with Gasteiger partial charge in [0.25, 0.3) is 5.91 Å². The van der Waals surface area contributed by atoms with Gasteiger partial charge in [-0.2, -0.15) is 0 Å². The second-order valence-corrected chi connectivity index (χ2v) is 6.22. The first kappa shape index (κ1) is 18.7. The van der Waals surface area contributed by atoms with E-state index < -0.39 is 17.5 Å². The third kappa shape index (κ3) is 4.98. The molecular weight excluding hydrogens is 352 g/mol. The minimum absolute atomic E-state index is 0.0647. The van der Waals surface area contributed by atoms with Gasteiger partial charge in [-0.25, -0.2) is 8.78 Å². The summed E-state index contributed by atoms with van der Waals surface area (Å²) in [6.07, 6.45) is 0. The lowest BCUT2D eigenvalue weighted by molar-refractivity contribution is 0.0941. The lowest BCUT2D eigenvalue weighted by atomic mass is 10.2. The molecule has 0 spiro atoms. The maximum absolute atomic E-state index is 13.6. The van der Waals surface area contributed by atoms with Gasteiger partial charge in [-0.05, 0) is 24.7 Å². The number of hydrogen-bond donors (Lipinski definition) is 1. The Morgan fingerprint density at radius 2 is 1.78 bits per heavy atom. The predicted octanol–water partition coefficient (Wildman–Crippen LogP) is 3.51. The van der Waals surface area contributed by atoms with E-state index in [2.05, 4.69) is 10.5 Å². The topological polar surface area (TPSA) is 58.4 Å². The van der Waals surface area contributed by atoms with E-state index in [4.69, 9.17) is 4.52 Å². The van der Waals surface area contributed by atoms with Crippen LogP contribution in [0.25, 0.3) is 0 Å². The van der Waals surface area contributed by atoms with Crippen LogP contribution >= 0.6 is 0 Å². The zero-order valence-electron chi connectivity index (χ0n) is 14.8. The summed E-state index contributed by atoms with van der Waals surface area (Å²) in [6, 6.07) is 15.0. The Morgan fingerprint density at radius 1 is 1.07 bits per heavy atom. The minimum Gasteiger partial charge on any atom is -0.359 e. The summed E-state index contributed by atoms with van der Waals surface area (Å²) in [7, 11) is 1.93. The van der Waals surface area contributed by atoms with Gasteiger partial charge in [0.1, 0.15) is 11.6 Å². The van der Waals surface area contributed by atoms with Crippen molar-refractivity contribution in [2.24, 2.45) is 0 Å². The Kier molecular flexibility index (Phi) is 5.93. The predicted molar refractivity (Wildman–Crippen MR) is 95.6 cm³/mol. The first-order chi connectivity index (χ1) is 13.0. The molecule has 0 radical (unpaired) electrons. The number of carbonyl (C=O) groups excluding carboxylic acids is 1. The third-order valence-electron chi connectivity index (χ3n) is 4.00. The molecule has 0 unspecified atom stereocenters. The number of halogens is 2. The average molecular weight is 371 g/mol. The molecule has 1 amide bonds. The van der Waals surface area contributed by atoms with E-state index in [1.54, 1.807) is 0 Å². The Bertz CT molecular complexity index is 892. The van der Waals surface area contributed by atoms with E-state index >= 15 is 0 Å². The van der Waals surface area contributed by atoms with Gasteiger partial charge in [-0.15, -0.1) is 0 Å². The molecular formula is C20H19F2N3O2. The second kappa shape index (κ2) is 8.55. The molecule has 0 aliphatic rings. The maximum Gasteiger partial charge on any atom is 0.273 e. The highest BCUT2D eigenvalue weighted by Crippen LogP contribution is 2.13. The highest BCUT2D eigenvalue weighted by molar-refractivity contribution is 5.92. The molecule has 27 heavy (non-hydrogen) atoms. The van der Waals surface area contributed by atoms with Crippen LogP contribution in [0.4, 0.5) is 8.78 Å². The van der Waals surface area contributed by atoms with Gasteiger partial charge in [0, 0.05) is 24.7 Å².